The van der Waals surface area contributed by atoms with Crippen molar-refractivity contribution < 1.29 is 18.3 Å². The van der Waals surface area contributed by atoms with Crippen molar-refractivity contribution >= 4 is 21.4 Å². The summed E-state index contributed by atoms with van der Waals surface area (Å²) in [6, 6.07) is 3.42. The van der Waals surface area contributed by atoms with Crippen LogP contribution in [0.3, 0.4) is 0 Å². The zero-order chi connectivity index (χ0) is 14.9. The van der Waals surface area contributed by atoms with Crippen LogP contribution in [0.1, 0.15) is 24.0 Å². The third-order valence-corrected chi connectivity index (χ3v) is 5.40. The van der Waals surface area contributed by atoms with Gasteiger partial charge >= 0.3 is 0 Å². The molecule has 0 unspecified atom stereocenters. The third-order valence-electron chi connectivity index (χ3n) is 3.68. The monoisotopic (exact) mass is 297 g/mol. The van der Waals surface area contributed by atoms with Gasteiger partial charge < -0.3 is 10.4 Å². The van der Waals surface area contributed by atoms with E-state index in [1.54, 1.807) is 26.0 Å². The van der Waals surface area contributed by atoms with E-state index < -0.39 is 9.84 Å². The number of amides is 1. The molecule has 0 aliphatic carbocycles. The summed E-state index contributed by atoms with van der Waals surface area (Å²) in [6.45, 7) is 3.54. The number of rotatable bonds is 2. The van der Waals surface area contributed by atoms with E-state index in [9.17, 15) is 18.3 Å². The number of sulfone groups is 1. The molecule has 0 spiro atoms. The highest BCUT2D eigenvalue weighted by Gasteiger charge is 2.28. The van der Waals surface area contributed by atoms with Gasteiger partial charge in [0.25, 0.3) is 0 Å². The Morgan fingerprint density at radius 1 is 1.20 bits per heavy atom. The van der Waals surface area contributed by atoms with E-state index in [-0.39, 0.29) is 29.1 Å². The predicted molar refractivity (Wildman–Crippen MR) is 77.6 cm³/mol. The zero-order valence-electron chi connectivity index (χ0n) is 11.6. The van der Waals surface area contributed by atoms with Gasteiger partial charge in [0.05, 0.1) is 11.5 Å². The Bertz CT molecular complexity index is 600. The molecule has 0 saturated carbocycles. The Kier molecular flexibility index (Phi) is 4.04. The van der Waals surface area contributed by atoms with Crippen LogP contribution in [-0.2, 0) is 14.6 Å². The number of phenolic OH excluding ortho intramolecular Hbond substituents is 1. The second-order valence-corrected chi connectivity index (χ2v) is 7.68. The van der Waals surface area contributed by atoms with Crippen molar-refractivity contribution in [2.45, 2.75) is 26.7 Å². The standard InChI is InChI=1S/C14H19NO4S/c1-9-7-12(8-10(2)13(9)16)15-14(17)11-3-5-20(18,19)6-4-11/h7-8,11,16H,3-6H2,1-2H3,(H,15,17). The van der Waals surface area contributed by atoms with Crippen molar-refractivity contribution in [2.24, 2.45) is 5.92 Å². The molecule has 1 aliphatic heterocycles. The highest BCUT2D eigenvalue weighted by molar-refractivity contribution is 7.91. The SMILES string of the molecule is Cc1cc(NC(=O)C2CCS(=O)(=O)CC2)cc(C)c1O. The predicted octanol–water partition coefficient (Wildman–Crippen LogP) is 1.77. The fourth-order valence-corrected chi connectivity index (χ4v) is 3.92. The summed E-state index contributed by atoms with van der Waals surface area (Å²) in [5.41, 5.74) is 2.04. The molecule has 2 rings (SSSR count). The van der Waals surface area contributed by atoms with Gasteiger partial charge in [-0.3, -0.25) is 4.79 Å². The molecule has 1 heterocycles. The van der Waals surface area contributed by atoms with Gasteiger partial charge in [0.15, 0.2) is 0 Å². The Labute approximate surface area is 118 Å². The summed E-state index contributed by atoms with van der Waals surface area (Å²) in [5.74, 6) is -0.0126. The van der Waals surface area contributed by atoms with Gasteiger partial charge in [0.1, 0.15) is 15.6 Å². The van der Waals surface area contributed by atoms with Gasteiger partial charge in [0.2, 0.25) is 5.91 Å². The number of carbonyl (C=O) groups is 1. The summed E-state index contributed by atoms with van der Waals surface area (Å²) < 4.78 is 22.7. The fraction of sp³-hybridized carbons (Fsp3) is 0.500. The minimum Gasteiger partial charge on any atom is -0.507 e. The minimum atomic E-state index is -2.95. The van der Waals surface area contributed by atoms with Crippen LogP contribution in [0, 0.1) is 19.8 Å². The number of carbonyl (C=O) groups excluding carboxylic acids is 1. The van der Waals surface area contributed by atoms with Crippen molar-refractivity contribution in [3.05, 3.63) is 23.3 Å². The van der Waals surface area contributed by atoms with E-state index in [0.717, 1.165) is 0 Å². The van der Waals surface area contributed by atoms with E-state index in [1.807, 2.05) is 0 Å². The molecule has 0 aromatic heterocycles. The lowest BCUT2D eigenvalue weighted by molar-refractivity contribution is -0.120. The molecule has 6 heteroatoms. The molecule has 0 atom stereocenters. The Morgan fingerprint density at radius 3 is 2.20 bits per heavy atom. The average Bonchev–Trinajstić information content (AvgIpc) is 2.35. The molecule has 0 bridgehead atoms. The van der Waals surface area contributed by atoms with Crippen molar-refractivity contribution in [3.63, 3.8) is 0 Å². The fourth-order valence-electron chi connectivity index (χ4n) is 2.42. The van der Waals surface area contributed by atoms with E-state index >= 15 is 0 Å². The summed E-state index contributed by atoms with van der Waals surface area (Å²) in [7, 11) is -2.95. The molecule has 1 saturated heterocycles. The highest BCUT2D eigenvalue weighted by atomic mass is 32.2. The van der Waals surface area contributed by atoms with Gasteiger partial charge in [-0.1, -0.05) is 0 Å². The average molecular weight is 297 g/mol. The molecule has 1 fully saturated rings. The maximum atomic E-state index is 12.1. The summed E-state index contributed by atoms with van der Waals surface area (Å²) >= 11 is 0. The van der Waals surface area contributed by atoms with Crippen molar-refractivity contribution in [2.75, 3.05) is 16.8 Å². The largest absolute Gasteiger partial charge is 0.507 e. The van der Waals surface area contributed by atoms with E-state index in [1.165, 1.54) is 0 Å². The smallest absolute Gasteiger partial charge is 0.227 e. The van der Waals surface area contributed by atoms with Crippen molar-refractivity contribution in [1.82, 2.24) is 0 Å². The maximum Gasteiger partial charge on any atom is 0.227 e. The third kappa shape index (κ3) is 3.30. The van der Waals surface area contributed by atoms with Gasteiger partial charge in [-0.25, -0.2) is 8.42 Å². The molecular formula is C14H19NO4S. The molecule has 110 valence electrons. The van der Waals surface area contributed by atoms with E-state index in [4.69, 9.17) is 0 Å². The molecule has 1 amide bonds. The topological polar surface area (TPSA) is 83.5 Å². The van der Waals surface area contributed by atoms with Crippen LogP contribution in [0.4, 0.5) is 5.69 Å². The lowest BCUT2D eigenvalue weighted by atomic mass is 10.0. The Balaban J connectivity index is 2.05. The molecule has 1 aromatic rings. The van der Waals surface area contributed by atoms with Crippen LogP contribution < -0.4 is 5.32 Å². The lowest BCUT2D eigenvalue weighted by Crippen LogP contribution is -2.31. The van der Waals surface area contributed by atoms with Crippen LogP contribution in [-0.4, -0.2) is 30.9 Å². The van der Waals surface area contributed by atoms with Crippen LogP contribution >= 0.6 is 0 Å². The minimum absolute atomic E-state index is 0.0821. The first kappa shape index (κ1) is 14.8. The molecule has 5 nitrogen and oxygen atoms in total. The number of anilines is 1. The second kappa shape index (κ2) is 5.44. The summed E-state index contributed by atoms with van der Waals surface area (Å²) in [5, 5.41) is 12.5. The maximum absolute atomic E-state index is 12.1. The van der Waals surface area contributed by atoms with E-state index in [2.05, 4.69) is 5.32 Å². The second-order valence-electron chi connectivity index (χ2n) is 5.37. The van der Waals surface area contributed by atoms with Crippen molar-refractivity contribution in [1.29, 1.82) is 0 Å². The summed E-state index contributed by atoms with van der Waals surface area (Å²) in [4.78, 5) is 12.1. The molecule has 20 heavy (non-hydrogen) atoms. The van der Waals surface area contributed by atoms with E-state index in [0.29, 0.717) is 29.7 Å². The molecule has 2 N–H and O–H groups in total. The Morgan fingerprint density at radius 2 is 1.70 bits per heavy atom. The number of aromatic hydroxyl groups is 1. The molecular weight excluding hydrogens is 278 g/mol. The normalized spacial score (nSPS) is 18.7. The van der Waals surface area contributed by atoms with Crippen LogP contribution in [0.2, 0.25) is 0 Å². The molecule has 1 aliphatic rings. The zero-order valence-corrected chi connectivity index (χ0v) is 12.5. The quantitative estimate of drug-likeness (QED) is 0.815. The highest BCUT2D eigenvalue weighted by Crippen LogP contribution is 2.27. The number of aryl methyl sites for hydroxylation is 2. The summed E-state index contributed by atoms with van der Waals surface area (Å²) in [6.07, 6.45) is 0.758. The number of nitrogens with one attached hydrogen (secondary N) is 1. The number of hydrogen-bond donors (Lipinski definition) is 2. The molecule has 1 aromatic carbocycles. The van der Waals surface area contributed by atoms with Gasteiger partial charge in [-0.05, 0) is 49.9 Å². The number of benzene rings is 1. The van der Waals surface area contributed by atoms with Crippen LogP contribution in [0.25, 0.3) is 0 Å². The van der Waals surface area contributed by atoms with Crippen LogP contribution in [0.15, 0.2) is 12.1 Å². The molecule has 0 radical (unpaired) electrons. The van der Waals surface area contributed by atoms with Gasteiger partial charge in [-0.15, -0.1) is 0 Å². The number of hydrogen-bond acceptors (Lipinski definition) is 4. The number of phenols is 1. The van der Waals surface area contributed by atoms with Gasteiger partial charge in [-0.2, -0.15) is 0 Å². The first-order valence-electron chi connectivity index (χ1n) is 6.60. The van der Waals surface area contributed by atoms with Gasteiger partial charge in [0, 0.05) is 11.6 Å². The Hall–Kier alpha value is -1.56. The lowest BCUT2D eigenvalue weighted by Gasteiger charge is -2.21. The van der Waals surface area contributed by atoms with Crippen LogP contribution in [0.5, 0.6) is 5.75 Å². The first-order chi connectivity index (χ1) is 9.28. The first-order valence-corrected chi connectivity index (χ1v) is 8.42. The van der Waals surface area contributed by atoms with Crippen molar-refractivity contribution in [3.8, 4) is 5.75 Å².